The summed E-state index contributed by atoms with van der Waals surface area (Å²) in [5.74, 6) is -0.112. The Morgan fingerprint density at radius 2 is 1.93 bits per heavy atom. The van der Waals surface area contributed by atoms with E-state index in [1.54, 1.807) is 6.20 Å². The van der Waals surface area contributed by atoms with E-state index >= 15 is 0 Å². The van der Waals surface area contributed by atoms with Gasteiger partial charge in [0.05, 0.1) is 24.3 Å². The number of nitrogens with one attached hydrogen (secondary N) is 2. The van der Waals surface area contributed by atoms with Crippen molar-refractivity contribution in [3.63, 3.8) is 0 Å². The van der Waals surface area contributed by atoms with Gasteiger partial charge in [0.2, 0.25) is 0 Å². The molecular weight excluding hydrogens is 364 g/mol. The fourth-order valence-electron chi connectivity index (χ4n) is 4.31. The number of rotatable bonds is 4. The lowest BCUT2D eigenvalue weighted by Crippen LogP contribution is -2.38. The summed E-state index contributed by atoms with van der Waals surface area (Å²) in [6, 6.07) is 17.3. The number of aliphatic hydroxyl groups excluding tert-OH is 1. The molecule has 0 amide bonds. The fourth-order valence-corrected chi connectivity index (χ4v) is 4.31. The first-order valence-electron chi connectivity index (χ1n) is 9.58. The van der Waals surface area contributed by atoms with Crippen LogP contribution < -0.4 is 10.7 Å². The number of anilines is 1. The van der Waals surface area contributed by atoms with E-state index in [-0.39, 0.29) is 18.6 Å². The van der Waals surface area contributed by atoms with Crippen LogP contribution >= 0.6 is 0 Å². The summed E-state index contributed by atoms with van der Waals surface area (Å²) in [5.41, 5.74) is 9.69. The highest BCUT2D eigenvalue weighted by Gasteiger charge is 2.40. The summed E-state index contributed by atoms with van der Waals surface area (Å²) < 4.78 is 0. The lowest BCUT2D eigenvalue weighted by molar-refractivity contribution is -0.109. The second-order valence-corrected chi connectivity index (χ2v) is 7.30. The van der Waals surface area contributed by atoms with E-state index in [2.05, 4.69) is 26.9 Å². The van der Waals surface area contributed by atoms with Crippen LogP contribution in [0.2, 0.25) is 0 Å². The molecule has 144 valence electrons. The Hall–Kier alpha value is -3.51. The molecule has 2 aliphatic heterocycles. The SMILES string of the molecule is O=CC1NN=C2c3c(cccc31)NC(c1cccnc1)C2c1cccc(CO)c1. The van der Waals surface area contributed by atoms with Crippen molar-refractivity contribution in [2.75, 3.05) is 5.32 Å². The summed E-state index contributed by atoms with van der Waals surface area (Å²) in [5, 5.41) is 18.0. The van der Waals surface area contributed by atoms with Gasteiger partial charge in [-0.05, 0) is 34.4 Å². The number of aliphatic hydroxyl groups is 1. The number of hydrogen-bond acceptors (Lipinski definition) is 6. The summed E-state index contributed by atoms with van der Waals surface area (Å²) >= 11 is 0. The standard InChI is InChI=1S/C23H20N4O2/c28-12-14-4-1-5-15(10-14)20-22(16-6-3-9-24-11-16)25-18-8-2-7-17-19(13-29)26-27-23(20)21(17)18/h1-11,13,19-20,22,25-26,28H,12H2. The molecular formula is C23H20N4O2. The highest BCUT2D eigenvalue weighted by molar-refractivity contribution is 6.13. The van der Waals surface area contributed by atoms with Crippen LogP contribution in [0.25, 0.3) is 0 Å². The van der Waals surface area contributed by atoms with Crippen LogP contribution in [0.3, 0.4) is 0 Å². The maximum atomic E-state index is 11.6. The number of nitrogens with zero attached hydrogens (tertiary/aromatic N) is 2. The quantitative estimate of drug-likeness (QED) is 0.602. The minimum Gasteiger partial charge on any atom is -0.392 e. The Morgan fingerprint density at radius 1 is 1.07 bits per heavy atom. The highest BCUT2D eigenvalue weighted by atomic mass is 16.3. The third kappa shape index (κ3) is 2.89. The van der Waals surface area contributed by atoms with Gasteiger partial charge in [0.25, 0.3) is 0 Å². The predicted molar refractivity (Wildman–Crippen MR) is 111 cm³/mol. The number of hydrogen-bond donors (Lipinski definition) is 3. The molecule has 0 aliphatic carbocycles. The molecule has 0 saturated heterocycles. The van der Waals surface area contributed by atoms with Crippen molar-refractivity contribution in [2.45, 2.75) is 24.6 Å². The summed E-state index contributed by atoms with van der Waals surface area (Å²) in [6.07, 6.45) is 4.50. The molecule has 3 unspecified atom stereocenters. The average molecular weight is 384 g/mol. The molecule has 3 N–H and O–H groups in total. The van der Waals surface area contributed by atoms with Gasteiger partial charge in [0, 0.05) is 23.6 Å². The van der Waals surface area contributed by atoms with Crippen LogP contribution in [0, 0.1) is 0 Å². The van der Waals surface area contributed by atoms with E-state index in [1.807, 2.05) is 54.7 Å². The van der Waals surface area contributed by atoms with Crippen molar-refractivity contribution in [3.05, 3.63) is 94.8 Å². The Kier molecular flexibility index (Phi) is 4.33. The van der Waals surface area contributed by atoms with Crippen molar-refractivity contribution in [1.29, 1.82) is 0 Å². The molecule has 0 saturated carbocycles. The van der Waals surface area contributed by atoms with Gasteiger partial charge in [-0.3, -0.25) is 10.4 Å². The van der Waals surface area contributed by atoms with Gasteiger partial charge in [-0.15, -0.1) is 0 Å². The fraction of sp³-hybridized carbons (Fsp3) is 0.174. The maximum Gasteiger partial charge on any atom is 0.148 e. The van der Waals surface area contributed by atoms with Gasteiger partial charge in [0.1, 0.15) is 12.3 Å². The first kappa shape index (κ1) is 17.6. The Balaban J connectivity index is 1.73. The molecule has 6 heteroatoms. The molecule has 0 bridgehead atoms. The molecule has 0 spiro atoms. The zero-order valence-corrected chi connectivity index (χ0v) is 15.6. The first-order valence-corrected chi connectivity index (χ1v) is 9.58. The van der Waals surface area contributed by atoms with E-state index in [0.29, 0.717) is 0 Å². The van der Waals surface area contributed by atoms with Gasteiger partial charge >= 0.3 is 0 Å². The second-order valence-electron chi connectivity index (χ2n) is 7.30. The van der Waals surface area contributed by atoms with Gasteiger partial charge in [0.15, 0.2) is 0 Å². The number of benzene rings is 2. The Morgan fingerprint density at radius 3 is 2.72 bits per heavy atom. The number of pyridine rings is 1. The molecule has 1 aromatic heterocycles. The van der Waals surface area contributed by atoms with Crippen molar-refractivity contribution < 1.29 is 9.90 Å². The summed E-state index contributed by atoms with van der Waals surface area (Å²) in [4.78, 5) is 15.9. The van der Waals surface area contributed by atoms with Crippen molar-refractivity contribution in [2.24, 2.45) is 5.10 Å². The minimum atomic E-state index is -0.463. The molecule has 29 heavy (non-hydrogen) atoms. The molecule has 2 aromatic carbocycles. The van der Waals surface area contributed by atoms with Crippen LogP contribution in [0.5, 0.6) is 0 Å². The summed E-state index contributed by atoms with van der Waals surface area (Å²) in [6.45, 7) is -0.0225. The number of carbonyl (C=O) groups is 1. The van der Waals surface area contributed by atoms with Gasteiger partial charge in [-0.2, -0.15) is 5.10 Å². The van der Waals surface area contributed by atoms with E-state index in [9.17, 15) is 9.90 Å². The Labute approximate surface area is 168 Å². The largest absolute Gasteiger partial charge is 0.392 e. The average Bonchev–Trinajstić information content (AvgIpc) is 2.80. The van der Waals surface area contributed by atoms with E-state index in [1.165, 1.54) is 0 Å². The van der Waals surface area contributed by atoms with Gasteiger partial charge in [-0.1, -0.05) is 42.5 Å². The highest BCUT2D eigenvalue weighted by Crippen LogP contribution is 2.45. The molecule has 3 atom stereocenters. The minimum absolute atomic E-state index is 0.0225. The van der Waals surface area contributed by atoms with Crippen LogP contribution in [0.4, 0.5) is 5.69 Å². The lowest BCUT2D eigenvalue weighted by atomic mass is 9.75. The topological polar surface area (TPSA) is 86.6 Å². The number of aldehydes is 1. The Bertz CT molecular complexity index is 1100. The van der Waals surface area contributed by atoms with Crippen LogP contribution in [0.1, 0.15) is 45.8 Å². The van der Waals surface area contributed by atoms with Crippen LogP contribution in [0.15, 0.2) is 72.1 Å². The normalized spacial score (nSPS) is 22.0. The smallest absolute Gasteiger partial charge is 0.148 e. The molecule has 0 radical (unpaired) electrons. The predicted octanol–water partition coefficient (Wildman–Crippen LogP) is 3.07. The monoisotopic (exact) mass is 384 g/mol. The van der Waals surface area contributed by atoms with E-state index < -0.39 is 6.04 Å². The zero-order valence-electron chi connectivity index (χ0n) is 15.6. The summed E-state index contributed by atoms with van der Waals surface area (Å²) in [7, 11) is 0. The molecule has 5 rings (SSSR count). The first-order chi connectivity index (χ1) is 14.3. The van der Waals surface area contributed by atoms with E-state index in [0.717, 1.165) is 45.5 Å². The third-order valence-electron chi connectivity index (χ3n) is 5.62. The molecule has 6 nitrogen and oxygen atoms in total. The van der Waals surface area contributed by atoms with Gasteiger partial charge < -0.3 is 15.2 Å². The number of hydrazone groups is 1. The third-order valence-corrected chi connectivity index (χ3v) is 5.62. The molecule has 3 heterocycles. The molecule has 3 aromatic rings. The maximum absolute atomic E-state index is 11.6. The number of carbonyl (C=O) groups excluding carboxylic acids is 1. The lowest BCUT2D eigenvalue weighted by Gasteiger charge is -2.39. The van der Waals surface area contributed by atoms with Crippen molar-refractivity contribution >= 4 is 17.7 Å². The van der Waals surface area contributed by atoms with Crippen LogP contribution in [-0.4, -0.2) is 22.1 Å². The van der Waals surface area contributed by atoms with Gasteiger partial charge in [-0.25, -0.2) is 0 Å². The van der Waals surface area contributed by atoms with E-state index in [4.69, 9.17) is 0 Å². The van der Waals surface area contributed by atoms with Crippen molar-refractivity contribution in [1.82, 2.24) is 10.4 Å². The molecule has 2 aliphatic rings. The van der Waals surface area contributed by atoms with Crippen molar-refractivity contribution in [3.8, 4) is 0 Å². The second kappa shape index (κ2) is 7.14. The number of aromatic nitrogens is 1. The zero-order chi connectivity index (χ0) is 19.8. The molecule has 0 fully saturated rings. The van der Waals surface area contributed by atoms with Crippen LogP contribution in [-0.2, 0) is 11.4 Å².